The number of ether oxygens (including phenoxy) is 1. The fraction of sp³-hybridized carbons (Fsp3) is 0.722. The lowest BCUT2D eigenvalue weighted by molar-refractivity contribution is -0.101. The van der Waals surface area contributed by atoms with Crippen molar-refractivity contribution in [2.45, 2.75) is 39.2 Å². The van der Waals surface area contributed by atoms with Crippen molar-refractivity contribution < 1.29 is 18.0 Å². The van der Waals surface area contributed by atoms with Crippen LogP contribution < -0.4 is 0 Å². The summed E-state index contributed by atoms with van der Waals surface area (Å²) in [5.74, 6) is 0.116. The maximum atomic E-state index is 12.7. The Kier molecular flexibility index (Phi) is 9.49. The van der Waals surface area contributed by atoms with Crippen LogP contribution >= 0.6 is 0 Å². The molecule has 1 aliphatic rings. The van der Waals surface area contributed by atoms with Crippen molar-refractivity contribution in [1.82, 2.24) is 14.4 Å². The summed E-state index contributed by atoms with van der Waals surface area (Å²) >= 11 is 0. The van der Waals surface area contributed by atoms with Crippen LogP contribution in [0.5, 0.6) is 0 Å². The molecule has 26 heavy (non-hydrogen) atoms. The Morgan fingerprint density at radius 2 is 2.08 bits per heavy atom. The van der Waals surface area contributed by atoms with Crippen LogP contribution in [0.15, 0.2) is 24.5 Å². The standard InChI is InChI=1S/C18H31N3O4S/c1-2-3-4-5-15-26(22,23)21(17-18-7-6-8-19-16-18)25-14-11-20-9-12-24-13-10-20/h6-8,16H,2-5,9-15,17H2,1H3. The van der Waals surface area contributed by atoms with Crippen molar-refractivity contribution in [3.05, 3.63) is 30.1 Å². The van der Waals surface area contributed by atoms with E-state index >= 15 is 0 Å². The molecule has 1 saturated heterocycles. The van der Waals surface area contributed by atoms with Crippen LogP contribution in [0.2, 0.25) is 0 Å². The smallest absolute Gasteiger partial charge is 0.236 e. The molecule has 8 heteroatoms. The molecular weight excluding hydrogens is 354 g/mol. The van der Waals surface area contributed by atoms with Crippen LogP contribution in [0, 0.1) is 0 Å². The molecule has 0 radical (unpaired) electrons. The van der Waals surface area contributed by atoms with Gasteiger partial charge in [0.25, 0.3) is 0 Å². The number of sulfonamides is 1. The number of pyridine rings is 1. The van der Waals surface area contributed by atoms with Gasteiger partial charge in [-0.15, -0.1) is 0 Å². The molecule has 0 spiro atoms. The zero-order valence-electron chi connectivity index (χ0n) is 15.7. The zero-order valence-corrected chi connectivity index (χ0v) is 16.5. The van der Waals surface area contributed by atoms with Gasteiger partial charge in [0.05, 0.1) is 32.1 Å². The molecule has 1 aromatic heterocycles. The quantitative estimate of drug-likeness (QED) is 0.405. The average Bonchev–Trinajstić information content (AvgIpc) is 2.66. The summed E-state index contributed by atoms with van der Waals surface area (Å²) in [6.45, 7) is 6.48. The van der Waals surface area contributed by atoms with Crippen molar-refractivity contribution in [3.63, 3.8) is 0 Å². The first-order valence-electron chi connectivity index (χ1n) is 9.44. The van der Waals surface area contributed by atoms with Gasteiger partial charge in [0.1, 0.15) is 0 Å². The van der Waals surface area contributed by atoms with Gasteiger partial charge in [0.15, 0.2) is 0 Å². The fourth-order valence-corrected chi connectivity index (χ4v) is 4.13. The molecule has 1 fully saturated rings. The van der Waals surface area contributed by atoms with Gasteiger partial charge in [-0.1, -0.05) is 36.7 Å². The highest BCUT2D eigenvalue weighted by Crippen LogP contribution is 2.13. The van der Waals surface area contributed by atoms with Crippen molar-refractivity contribution in [2.75, 3.05) is 45.2 Å². The highest BCUT2D eigenvalue weighted by Gasteiger charge is 2.23. The molecular formula is C18H31N3O4S. The monoisotopic (exact) mass is 385 g/mol. The van der Waals surface area contributed by atoms with E-state index in [0.29, 0.717) is 19.6 Å². The topological polar surface area (TPSA) is 72.0 Å². The van der Waals surface area contributed by atoms with Crippen LogP contribution in [0.3, 0.4) is 0 Å². The number of nitrogens with zero attached hydrogens (tertiary/aromatic N) is 3. The van der Waals surface area contributed by atoms with Crippen LogP contribution in [-0.2, 0) is 26.1 Å². The van der Waals surface area contributed by atoms with Gasteiger partial charge in [0, 0.05) is 32.0 Å². The molecule has 0 aromatic carbocycles. The highest BCUT2D eigenvalue weighted by molar-refractivity contribution is 7.88. The van der Waals surface area contributed by atoms with Crippen LogP contribution in [0.1, 0.15) is 38.2 Å². The number of unbranched alkanes of at least 4 members (excludes halogenated alkanes) is 3. The second kappa shape index (κ2) is 11.6. The average molecular weight is 386 g/mol. The molecule has 0 atom stereocenters. The van der Waals surface area contributed by atoms with E-state index in [4.69, 9.17) is 9.57 Å². The van der Waals surface area contributed by atoms with E-state index < -0.39 is 10.0 Å². The minimum absolute atomic E-state index is 0.116. The van der Waals surface area contributed by atoms with Crippen molar-refractivity contribution in [3.8, 4) is 0 Å². The maximum absolute atomic E-state index is 12.7. The highest BCUT2D eigenvalue weighted by atomic mass is 32.2. The third kappa shape index (κ3) is 7.67. The summed E-state index contributed by atoms with van der Waals surface area (Å²) in [6.07, 6.45) is 7.06. The van der Waals surface area contributed by atoms with Gasteiger partial charge < -0.3 is 4.74 Å². The molecule has 0 N–H and O–H groups in total. The molecule has 0 bridgehead atoms. The van der Waals surface area contributed by atoms with Gasteiger partial charge >= 0.3 is 0 Å². The third-order valence-electron chi connectivity index (χ3n) is 4.35. The van der Waals surface area contributed by atoms with E-state index in [1.54, 1.807) is 18.5 Å². The largest absolute Gasteiger partial charge is 0.379 e. The molecule has 0 aliphatic carbocycles. The molecule has 7 nitrogen and oxygen atoms in total. The molecule has 1 aromatic rings. The number of hydrogen-bond acceptors (Lipinski definition) is 6. The first-order chi connectivity index (χ1) is 12.6. The zero-order chi connectivity index (χ0) is 18.7. The van der Waals surface area contributed by atoms with E-state index in [9.17, 15) is 8.42 Å². The minimum atomic E-state index is -3.46. The predicted molar refractivity (Wildman–Crippen MR) is 101 cm³/mol. The van der Waals surface area contributed by atoms with Crippen molar-refractivity contribution in [2.24, 2.45) is 0 Å². The first-order valence-corrected chi connectivity index (χ1v) is 11.0. The van der Waals surface area contributed by atoms with E-state index in [1.807, 2.05) is 6.07 Å². The van der Waals surface area contributed by atoms with E-state index in [-0.39, 0.29) is 12.3 Å². The summed E-state index contributed by atoms with van der Waals surface area (Å²) in [7, 11) is -3.46. The number of rotatable bonds is 12. The summed E-state index contributed by atoms with van der Waals surface area (Å²) in [5.41, 5.74) is 0.816. The van der Waals surface area contributed by atoms with Crippen molar-refractivity contribution >= 4 is 10.0 Å². The van der Waals surface area contributed by atoms with Crippen LogP contribution in [0.25, 0.3) is 0 Å². The second-order valence-electron chi connectivity index (χ2n) is 6.49. The SMILES string of the molecule is CCCCCCS(=O)(=O)N(Cc1cccnc1)OCCN1CCOCC1. The summed E-state index contributed by atoms with van der Waals surface area (Å²) in [6, 6.07) is 3.66. The van der Waals surface area contributed by atoms with E-state index in [1.165, 1.54) is 0 Å². The molecule has 148 valence electrons. The minimum Gasteiger partial charge on any atom is -0.379 e. The number of hydroxylamine groups is 1. The lowest BCUT2D eigenvalue weighted by atomic mass is 10.2. The molecule has 2 heterocycles. The fourth-order valence-electron chi connectivity index (χ4n) is 2.77. The Morgan fingerprint density at radius 3 is 2.77 bits per heavy atom. The lowest BCUT2D eigenvalue weighted by Gasteiger charge is -2.28. The number of aromatic nitrogens is 1. The Labute approximate surface area is 157 Å². The van der Waals surface area contributed by atoms with Crippen LogP contribution in [-0.4, -0.2) is 68.0 Å². The van der Waals surface area contributed by atoms with Crippen molar-refractivity contribution in [1.29, 1.82) is 0 Å². The normalized spacial score (nSPS) is 16.2. The summed E-state index contributed by atoms with van der Waals surface area (Å²) in [4.78, 5) is 12.0. The number of morpholine rings is 1. The molecule has 0 amide bonds. The van der Waals surface area contributed by atoms with Gasteiger partial charge in [-0.3, -0.25) is 14.7 Å². The first kappa shape index (κ1) is 21.2. The van der Waals surface area contributed by atoms with Gasteiger partial charge in [-0.05, 0) is 18.1 Å². The van der Waals surface area contributed by atoms with Crippen LogP contribution in [0.4, 0.5) is 0 Å². The molecule has 0 saturated carbocycles. The van der Waals surface area contributed by atoms with E-state index in [2.05, 4.69) is 16.8 Å². The molecule has 1 aliphatic heterocycles. The summed E-state index contributed by atoms with van der Waals surface area (Å²) in [5, 5.41) is 0. The maximum Gasteiger partial charge on any atom is 0.236 e. The van der Waals surface area contributed by atoms with Gasteiger partial charge in [0.2, 0.25) is 10.0 Å². The predicted octanol–water partition coefficient (Wildman–Crippen LogP) is 2.06. The molecule has 0 unspecified atom stereocenters. The van der Waals surface area contributed by atoms with E-state index in [0.717, 1.165) is 55.6 Å². The Hall–Kier alpha value is -1.06. The summed E-state index contributed by atoms with van der Waals surface area (Å²) < 4.78 is 31.9. The van der Waals surface area contributed by atoms with Gasteiger partial charge in [-0.2, -0.15) is 0 Å². The van der Waals surface area contributed by atoms with Gasteiger partial charge in [-0.25, -0.2) is 8.42 Å². The third-order valence-corrected chi connectivity index (χ3v) is 6.01. The molecule has 2 rings (SSSR count). The lowest BCUT2D eigenvalue weighted by Crippen LogP contribution is -2.40. The Bertz CT molecular complexity index is 592. The second-order valence-corrected chi connectivity index (χ2v) is 8.47. The number of hydrogen-bond donors (Lipinski definition) is 0. The Morgan fingerprint density at radius 1 is 1.27 bits per heavy atom. The Balaban J connectivity index is 1.91.